The van der Waals surface area contributed by atoms with Crippen LogP contribution in [0.4, 0.5) is 0 Å². The molecule has 1 heterocycles. The highest BCUT2D eigenvalue weighted by Crippen LogP contribution is 1.97. The lowest BCUT2D eigenvalue weighted by atomic mass is 10.2. The van der Waals surface area contributed by atoms with Gasteiger partial charge < -0.3 is 10.1 Å². The average Bonchev–Trinajstić information content (AvgIpc) is 2.75. The van der Waals surface area contributed by atoms with Gasteiger partial charge in [-0.25, -0.2) is 10.4 Å². The Morgan fingerprint density at radius 3 is 2.94 bits per heavy atom. The van der Waals surface area contributed by atoms with E-state index in [-0.39, 0.29) is 6.42 Å². The van der Waals surface area contributed by atoms with Gasteiger partial charge in [0.05, 0.1) is 12.0 Å². The Kier molecular flexibility index (Phi) is 4.22. The molecule has 0 saturated carbocycles. The number of H-pyrrole nitrogens is 1. The molecule has 86 valence electrons. The number of hydrogen-bond acceptors (Lipinski definition) is 4. The summed E-state index contributed by atoms with van der Waals surface area (Å²) in [6, 6.07) is -0.938. The van der Waals surface area contributed by atoms with Crippen molar-refractivity contribution >= 4 is 11.9 Å². The first-order chi connectivity index (χ1) is 7.63. The van der Waals surface area contributed by atoms with Gasteiger partial charge >= 0.3 is 5.97 Å². The summed E-state index contributed by atoms with van der Waals surface area (Å²) in [4.78, 5) is 28.3. The first-order valence-corrected chi connectivity index (χ1v) is 4.52. The van der Waals surface area contributed by atoms with E-state index in [1.165, 1.54) is 6.33 Å². The third kappa shape index (κ3) is 3.54. The van der Waals surface area contributed by atoms with Crippen LogP contribution >= 0.6 is 0 Å². The van der Waals surface area contributed by atoms with E-state index in [1.807, 2.05) is 0 Å². The molecule has 0 bridgehead atoms. The summed E-state index contributed by atoms with van der Waals surface area (Å²) < 4.78 is 0. The SMILES string of the molecule is C=CC(=O)NN[C@@H](Cc1c[nH]cn1)C(=O)O. The van der Waals surface area contributed by atoms with Crippen LogP contribution in [0.25, 0.3) is 0 Å². The average molecular weight is 224 g/mol. The molecular formula is C9H12N4O3. The third-order valence-corrected chi connectivity index (χ3v) is 1.82. The number of hydrazine groups is 1. The Balaban J connectivity index is 2.51. The predicted molar refractivity (Wildman–Crippen MR) is 55.2 cm³/mol. The molecule has 0 spiro atoms. The molecule has 1 amide bonds. The van der Waals surface area contributed by atoms with Gasteiger partial charge in [-0.1, -0.05) is 6.58 Å². The Morgan fingerprint density at radius 2 is 2.44 bits per heavy atom. The third-order valence-electron chi connectivity index (χ3n) is 1.82. The zero-order chi connectivity index (χ0) is 12.0. The maximum absolute atomic E-state index is 10.8. The molecular weight excluding hydrogens is 212 g/mol. The summed E-state index contributed by atoms with van der Waals surface area (Å²) in [7, 11) is 0. The molecule has 4 N–H and O–H groups in total. The first kappa shape index (κ1) is 11.9. The molecule has 1 aromatic rings. The van der Waals surface area contributed by atoms with Crippen LogP contribution < -0.4 is 10.9 Å². The molecule has 0 saturated heterocycles. The zero-order valence-electron chi connectivity index (χ0n) is 8.43. The topological polar surface area (TPSA) is 107 Å². The fourth-order valence-corrected chi connectivity index (χ4v) is 1.02. The molecule has 0 unspecified atom stereocenters. The van der Waals surface area contributed by atoms with E-state index in [0.717, 1.165) is 6.08 Å². The number of imidazole rings is 1. The molecule has 1 atom stereocenters. The van der Waals surface area contributed by atoms with Gasteiger partial charge in [0.2, 0.25) is 0 Å². The number of carboxylic acid groups (broad SMARTS) is 1. The van der Waals surface area contributed by atoms with Gasteiger partial charge in [0.25, 0.3) is 5.91 Å². The van der Waals surface area contributed by atoms with Gasteiger partial charge in [-0.15, -0.1) is 0 Å². The second-order valence-corrected chi connectivity index (χ2v) is 2.99. The highest BCUT2D eigenvalue weighted by Gasteiger charge is 2.18. The number of nitrogens with zero attached hydrogens (tertiary/aromatic N) is 1. The van der Waals surface area contributed by atoms with Crippen molar-refractivity contribution in [2.45, 2.75) is 12.5 Å². The quantitative estimate of drug-likeness (QED) is 0.374. The second kappa shape index (κ2) is 5.66. The van der Waals surface area contributed by atoms with Gasteiger partial charge in [0.15, 0.2) is 0 Å². The van der Waals surface area contributed by atoms with Crippen molar-refractivity contribution in [1.82, 2.24) is 20.8 Å². The highest BCUT2D eigenvalue weighted by atomic mass is 16.4. The van der Waals surface area contributed by atoms with Crippen molar-refractivity contribution in [1.29, 1.82) is 0 Å². The molecule has 0 aromatic carbocycles. The van der Waals surface area contributed by atoms with Crippen LogP contribution in [0.15, 0.2) is 25.2 Å². The van der Waals surface area contributed by atoms with E-state index in [4.69, 9.17) is 5.11 Å². The molecule has 16 heavy (non-hydrogen) atoms. The molecule has 0 radical (unpaired) electrons. The monoisotopic (exact) mass is 224 g/mol. The van der Waals surface area contributed by atoms with Gasteiger partial charge in [-0.3, -0.25) is 15.0 Å². The fraction of sp³-hybridized carbons (Fsp3) is 0.222. The summed E-state index contributed by atoms with van der Waals surface area (Å²) in [6.07, 6.45) is 4.25. The minimum atomic E-state index is -1.08. The highest BCUT2D eigenvalue weighted by molar-refractivity contribution is 5.86. The molecule has 0 aliphatic heterocycles. The molecule has 1 rings (SSSR count). The van der Waals surface area contributed by atoms with Gasteiger partial charge in [0, 0.05) is 12.6 Å². The number of aliphatic carboxylic acids is 1. The lowest BCUT2D eigenvalue weighted by molar-refractivity contribution is -0.139. The van der Waals surface area contributed by atoms with Crippen LogP contribution in [-0.2, 0) is 16.0 Å². The van der Waals surface area contributed by atoms with E-state index in [1.54, 1.807) is 6.20 Å². The number of carboxylic acids is 1. The number of rotatable bonds is 6. The van der Waals surface area contributed by atoms with E-state index in [0.29, 0.717) is 5.69 Å². The van der Waals surface area contributed by atoms with E-state index in [9.17, 15) is 9.59 Å². The lowest BCUT2D eigenvalue weighted by Gasteiger charge is -2.12. The normalized spacial score (nSPS) is 11.8. The molecule has 1 aromatic heterocycles. The van der Waals surface area contributed by atoms with Crippen LogP contribution in [0.1, 0.15) is 5.69 Å². The number of nitrogens with one attached hydrogen (secondary N) is 3. The Bertz CT molecular complexity index is 374. The number of hydrogen-bond donors (Lipinski definition) is 4. The zero-order valence-corrected chi connectivity index (χ0v) is 8.43. The summed E-state index contributed by atoms with van der Waals surface area (Å²) in [5, 5.41) is 8.88. The molecule has 7 nitrogen and oxygen atoms in total. The van der Waals surface area contributed by atoms with Crippen molar-refractivity contribution in [2.75, 3.05) is 0 Å². The minimum Gasteiger partial charge on any atom is -0.480 e. The Hall–Kier alpha value is -2.15. The number of aromatic amines is 1. The number of aromatic nitrogens is 2. The van der Waals surface area contributed by atoms with Crippen molar-refractivity contribution in [3.63, 3.8) is 0 Å². The largest absolute Gasteiger partial charge is 0.480 e. The van der Waals surface area contributed by atoms with Crippen LogP contribution in [-0.4, -0.2) is 33.0 Å². The molecule has 0 aliphatic rings. The van der Waals surface area contributed by atoms with Crippen LogP contribution in [0.5, 0.6) is 0 Å². The van der Waals surface area contributed by atoms with Crippen molar-refractivity contribution in [2.24, 2.45) is 0 Å². The molecule has 0 aliphatic carbocycles. The minimum absolute atomic E-state index is 0.163. The summed E-state index contributed by atoms with van der Waals surface area (Å²) in [5.41, 5.74) is 5.17. The number of amides is 1. The Morgan fingerprint density at radius 1 is 1.69 bits per heavy atom. The smallest absolute Gasteiger partial charge is 0.322 e. The van der Waals surface area contributed by atoms with Crippen LogP contribution in [0.3, 0.4) is 0 Å². The fourth-order valence-electron chi connectivity index (χ4n) is 1.02. The summed E-state index contributed by atoms with van der Waals surface area (Å²) >= 11 is 0. The van der Waals surface area contributed by atoms with Crippen molar-refractivity contribution in [3.8, 4) is 0 Å². The lowest BCUT2D eigenvalue weighted by Crippen LogP contribution is -2.48. The van der Waals surface area contributed by atoms with Gasteiger partial charge in [-0.05, 0) is 6.08 Å². The molecule has 0 fully saturated rings. The molecule has 7 heteroatoms. The van der Waals surface area contributed by atoms with E-state index >= 15 is 0 Å². The van der Waals surface area contributed by atoms with Crippen molar-refractivity contribution in [3.05, 3.63) is 30.9 Å². The number of carbonyl (C=O) groups excluding carboxylic acids is 1. The van der Waals surface area contributed by atoms with Gasteiger partial charge in [-0.2, -0.15) is 0 Å². The van der Waals surface area contributed by atoms with Crippen molar-refractivity contribution < 1.29 is 14.7 Å². The second-order valence-electron chi connectivity index (χ2n) is 2.99. The maximum Gasteiger partial charge on any atom is 0.322 e. The number of carbonyl (C=O) groups is 2. The predicted octanol–water partition coefficient (Wildman–Crippen LogP) is -0.788. The first-order valence-electron chi connectivity index (χ1n) is 4.52. The maximum atomic E-state index is 10.8. The van der Waals surface area contributed by atoms with E-state index < -0.39 is 17.9 Å². The van der Waals surface area contributed by atoms with Gasteiger partial charge in [0.1, 0.15) is 6.04 Å². The standard InChI is InChI=1S/C9H12N4O3/c1-2-8(14)13-12-7(9(15)16)3-6-4-10-5-11-6/h2,4-5,7,12H,1,3H2,(H,10,11)(H,13,14)(H,15,16)/t7-/m0/s1. The Labute approximate surface area is 91.5 Å². The summed E-state index contributed by atoms with van der Waals surface area (Å²) in [6.45, 7) is 3.24. The summed E-state index contributed by atoms with van der Waals surface area (Å²) in [5.74, 6) is -1.57. The van der Waals surface area contributed by atoms with Crippen LogP contribution in [0.2, 0.25) is 0 Å². The van der Waals surface area contributed by atoms with E-state index in [2.05, 4.69) is 27.4 Å². The van der Waals surface area contributed by atoms with Crippen LogP contribution in [0, 0.1) is 0 Å².